The van der Waals surface area contributed by atoms with Crippen molar-refractivity contribution in [3.05, 3.63) is 29.6 Å². The summed E-state index contributed by atoms with van der Waals surface area (Å²) in [5.41, 5.74) is 5.47. The van der Waals surface area contributed by atoms with E-state index in [-0.39, 0.29) is 11.3 Å². The lowest BCUT2D eigenvalue weighted by molar-refractivity contribution is -0.128. The van der Waals surface area contributed by atoms with Crippen molar-refractivity contribution in [1.29, 1.82) is 0 Å². The van der Waals surface area contributed by atoms with E-state index in [4.69, 9.17) is 10.5 Å². The highest BCUT2D eigenvalue weighted by atomic mass is 19.1. The van der Waals surface area contributed by atoms with E-state index in [0.29, 0.717) is 0 Å². The predicted molar refractivity (Wildman–Crippen MR) is 59.8 cm³/mol. The fourth-order valence-electron chi connectivity index (χ4n) is 1.20. The first kappa shape index (κ1) is 13.0. The zero-order chi connectivity index (χ0) is 13.0. The van der Waals surface area contributed by atoms with Crippen molar-refractivity contribution in [2.75, 3.05) is 12.8 Å². The predicted octanol–water partition coefficient (Wildman–Crippen LogP) is 0.699. The Morgan fingerprint density at radius 1 is 1.47 bits per heavy atom. The summed E-state index contributed by atoms with van der Waals surface area (Å²) in [6, 6.07) is 3.32. The quantitative estimate of drug-likeness (QED) is 0.602. The number of benzene rings is 1. The molecule has 17 heavy (non-hydrogen) atoms. The van der Waals surface area contributed by atoms with Gasteiger partial charge < -0.3 is 15.8 Å². The molecule has 0 saturated carbocycles. The molecule has 0 fully saturated rings. The van der Waals surface area contributed by atoms with Crippen molar-refractivity contribution in [3.63, 3.8) is 0 Å². The molecule has 1 aromatic carbocycles. The van der Waals surface area contributed by atoms with Crippen LogP contribution in [0, 0.1) is 5.82 Å². The van der Waals surface area contributed by atoms with Gasteiger partial charge in [0.2, 0.25) is 0 Å². The molecular formula is C11H13FN2O3. The number of carbonyl (C=O) groups is 2. The summed E-state index contributed by atoms with van der Waals surface area (Å²) >= 11 is 0. The molecule has 6 heteroatoms. The highest BCUT2D eigenvalue weighted by Crippen LogP contribution is 2.15. The number of nitrogen functional groups attached to an aromatic ring is 1. The number of anilines is 1. The van der Waals surface area contributed by atoms with Crippen LogP contribution in [-0.2, 0) is 9.53 Å². The van der Waals surface area contributed by atoms with Crippen LogP contribution in [0.5, 0.6) is 0 Å². The summed E-state index contributed by atoms with van der Waals surface area (Å²) in [5, 5.41) is 2.34. The second-order valence-electron chi connectivity index (χ2n) is 3.39. The highest BCUT2D eigenvalue weighted by Gasteiger charge is 2.19. The van der Waals surface area contributed by atoms with E-state index in [1.807, 2.05) is 0 Å². The molecule has 1 atom stereocenters. The van der Waals surface area contributed by atoms with Crippen LogP contribution in [-0.4, -0.2) is 25.0 Å². The molecule has 3 N–H and O–H groups in total. The fraction of sp³-hybridized carbons (Fsp3) is 0.273. The molecule has 0 aliphatic carbocycles. The van der Waals surface area contributed by atoms with Gasteiger partial charge in [0.25, 0.3) is 5.91 Å². The normalized spacial score (nSPS) is 11.7. The van der Waals surface area contributed by atoms with E-state index >= 15 is 0 Å². The maximum absolute atomic E-state index is 12.8. The van der Waals surface area contributed by atoms with Crippen molar-refractivity contribution < 1.29 is 18.7 Å². The summed E-state index contributed by atoms with van der Waals surface area (Å²) in [4.78, 5) is 22.7. The van der Waals surface area contributed by atoms with Crippen LogP contribution in [0.2, 0.25) is 0 Å². The minimum absolute atomic E-state index is 0.0286. The van der Waals surface area contributed by atoms with Crippen molar-refractivity contribution in [2.45, 2.75) is 13.0 Å². The summed E-state index contributed by atoms with van der Waals surface area (Å²) in [6.45, 7) is 1.43. The summed E-state index contributed by atoms with van der Waals surface area (Å²) in [6.07, 6.45) is -0.933. The van der Waals surface area contributed by atoms with Gasteiger partial charge in [-0.05, 0) is 25.1 Å². The molecule has 1 aromatic rings. The van der Waals surface area contributed by atoms with Gasteiger partial charge in [0, 0.05) is 12.7 Å². The molecule has 92 valence electrons. The number of likely N-dealkylation sites (N-methyl/N-ethyl adjacent to an activating group) is 1. The fourth-order valence-corrected chi connectivity index (χ4v) is 1.20. The molecule has 0 saturated heterocycles. The average Bonchev–Trinajstić information content (AvgIpc) is 2.27. The second-order valence-corrected chi connectivity index (χ2v) is 3.39. The molecule has 1 unspecified atom stereocenters. The third kappa shape index (κ3) is 3.17. The van der Waals surface area contributed by atoms with Gasteiger partial charge in [-0.3, -0.25) is 4.79 Å². The number of hydrogen-bond donors (Lipinski definition) is 2. The van der Waals surface area contributed by atoms with E-state index in [0.717, 1.165) is 12.1 Å². The Kier molecular flexibility index (Phi) is 4.03. The van der Waals surface area contributed by atoms with Gasteiger partial charge in [0.1, 0.15) is 5.82 Å². The van der Waals surface area contributed by atoms with Crippen LogP contribution in [0.3, 0.4) is 0 Å². The maximum atomic E-state index is 12.8. The lowest BCUT2D eigenvalue weighted by Crippen LogP contribution is -2.33. The van der Waals surface area contributed by atoms with Gasteiger partial charge in [-0.25, -0.2) is 9.18 Å². The molecular weight excluding hydrogens is 227 g/mol. The number of carbonyl (C=O) groups excluding carboxylic acids is 2. The SMILES string of the molecule is CNC(=O)C(C)OC(=O)c1ccc(F)cc1N. The Hall–Kier alpha value is -2.11. The van der Waals surface area contributed by atoms with Crippen molar-refractivity contribution in [3.8, 4) is 0 Å². The van der Waals surface area contributed by atoms with Crippen LogP contribution in [0.25, 0.3) is 0 Å². The lowest BCUT2D eigenvalue weighted by Gasteiger charge is -2.12. The van der Waals surface area contributed by atoms with Gasteiger partial charge in [0.05, 0.1) is 5.56 Å². The maximum Gasteiger partial charge on any atom is 0.341 e. The Morgan fingerprint density at radius 3 is 2.65 bits per heavy atom. The van der Waals surface area contributed by atoms with Crippen molar-refractivity contribution in [1.82, 2.24) is 5.32 Å². The van der Waals surface area contributed by atoms with Crippen LogP contribution in [0.4, 0.5) is 10.1 Å². The first-order valence-electron chi connectivity index (χ1n) is 4.93. The molecule has 0 aliphatic heterocycles. The molecule has 0 aliphatic rings. The molecule has 0 radical (unpaired) electrons. The number of rotatable bonds is 3. The second kappa shape index (κ2) is 5.29. The van der Waals surface area contributed by atoms with Crippen molar-refractivity contribution >= 4 is 17.6 Å². The monoisotopic (exact) mass is 240 g/mol. The summed E-state index contributed by atoms with van der Waals surface area (Å²) in [5.74, 6) is -1.74. The zero-order valence-electron chi connectivity index (χ0n) is 9.49. The minimum Gasteiger partial charge on any atom is -0.449 e. The van der Waals surface area contributed by atoms with Gasteiger partial charge in [-0.1, -0.05) is 0 Å². The molecule has 0 spiro atoms. The van der Waals surface area contributed by atoms with Gasteiger partial charge in [0.15, 0.2) is 6.10 Å². The molecule has 1 amide bonds. The van der Waals surface area contributed by atoms with Crippen LogP contribution >= 0.6 is 0 Å². The molecule has 5 nitrogen and oxygen atoms in total. The number of halogens is 1. The van der Waals surface area contributed by atoms with E-state index in [1.165, 1.54) is 20.0 Å². The lowest BCUT2D eigenvalue weighted by atomic mass is 10.2. The van der Waals surface area contributed by atoms with E-state index in [9.17, 15) is 14.0 Å². The van der Waals surface area contributed by atoms with E-state index in [2.05, 4.69) is 5.32 Å². The largest absolute Gasteiger partial charge is 0.449 e. The topological polar surface area (TPSA) is 81.4 Å². The van der Waals surface area contributed by atoms with Gasteiger partial charge in [-0.2, -0.15) is 0 Å². The smallest absolute Gasteiger partial charge is 0.341 e. The minimum atomic E-state index is -0.933. The number of hydrogen-bond acceptors (Lipinski definition) is 4. The van der Waals surface area contributed by atoms with Crippen molar-refractivity contribution in [2.24, 2.45) is 0 Å². The number of esters is 1. The highest BCUT2D eigenvalue weighted by molar-refractivity contribution is 5.96. The Bertz CT molecular complexity index is 448. The van der Waals surface area contributed by atoms with E-state index in [1.54, 1.807) is 0 Å². The average molecular weight is 240 g/mol. The molecule has 0 heterocycles. The first-order chi connectivity index (χ1) is 7.95. The Balaban J connectivity index is 2.80. The zero-order valence-corrected chi connectivity index (χ0v) is 9.49. The number of nitrogens with one attached hydrogen (secondary N) is 1. The summed E-state index contributed by atoms with van der Waals surface area (Å²) in [7, 11) is 1.43. The first-order valence-corrected chi connectivity index (χ1v) is 4.93. The number of nitrogens with two attached hydrogens (primary N) is 1. The van der Waals surface area contributed by atoms with Crippen LogP contribution < -0.4 is 11.1 Å². The van der Waals surface area contributed by atoms with Gasteiger partial charge >= 0.3 is 5.97 Å². The Morgan fingerprint density at radius 2 is 2.12 bits per heavy atom. The van der Waals surface area contributed by atoms with Crippen LogP contribution in [0.15, 0.2) is 18.2 Å². The van der Waals surface area contributed by atoms with E-state index < -0.39 is 23.8 Å². The third-order valence-corrected chi connectivity index (χ3v) is 2.13. The molecule has 0 bridgehead atoms. The van der Waals surface area contributed by atoms with Crippen LogP contribution in [0.1, 0.15) is 17.3 Å². The van der Waals surface area contributed by atoms with Gasteiger partial charge in [-0.15, -0.1) is 0 Å². The molecule has 0 aromatic heterocycles. The number of ether oxygens (including phenoxy) is 1. The molecule has 1 rings (SSSR count). The third-order valence-electron chi connectivity index (χ3n) is 2.13. The Labute approximate surface area is 97.7 Å². The number of amides is 1. The standard InChI is InChI=1S/C11H13FN2O3/c1-6(10(15)14-2)17-11(16)8-4-3-7(12)5-9(8)13/h3-6H,13H2,1-2H3,(H,14,15). The summed E-state index contributed by atoms with van der Waals surface area (Å²) < 4.78 is 17.6.